The van der Waals surface area contributed by atoms with E-state index in [0.717, 1.165) is 12.1 Å². The van der Waals surface area contributed by atoms with Crippen LogP contribution in [0.25, 0.3) is 0 Å². The third-order valence-corrected chi connectivity index (χ3v) is 3.25. The van der Waals surface area contributed by atoms with Crippen LogP contribution in [0.4, 0.5) is 5.69 Å². The van der Waals surface area contributed by atoms with Gasteiger partial charge in [-0.1, -0.05) is 38.3 Å². The van der Waals surface area contributed by atoms with Crippen molar-refractivity contribution in [3.05, 3.63) is 29.8 Å². The van der Waals surface area contributed by atoms with Crippen LogP contribution in [0.15, 0.2) is 29.4 Å². The minimum absolute atomic E-state index is 0.146. The molecule has 1 aromatic rings. The van der Waals surface area contributed by atoms with Gasteiger partial charge in [-0.3, -0.25) is 0 Å². The topological polar surface area (TPSA) is 45.1 Å². The van der Waals surface area contributed by atoms with E-state index in [1.54, 1.807) is 5.01 Å². The summed E-state index contributed by atoms with van der Waals surface area (Å²) < 4.78 is 5.25. The molecule has 0 aliphatic carbocycles. The highest BCUT2D eigenvalue weighted by atomic mass is 16.5. The number of hydrogen-bond donors (Lipinski definition) is 1. The van der Waals surface area contributed by atoms with Crippen LogP contribution in [0.3, 0.4) is 0 Å². The molecule has 1 heterocycles. The number of aliphatic hydroxyl groups is 1. The largest absolute Gasteiger partial charge is 0.455 e. The summed E-state index contributed by atoms with van der Waals surface area (Å²) in [5.41, 5.74) is 2.36. The van der Waals surface area contributed by atoms with E-state index >= 15 is 0 Å². The fourth-order valence-electron chi connectivity index (χ4n) is 2.17. The molecule has 0 saturated carbocycles. The van der Waals surface area contributed by atoms with Crippen molar-refractivity contribution in [3.8, 4) is 0 Å². The van der Waals surface area contributed by atoms with Gasteiger partial charge in [-0.05, 0) is 30.5 Å². The van der Waals surface area contributed by atoms with E-state index in [0.29, 0.717) is 12.6 Å². The zero-order chi connectivity index (χ0) is 13.5. The molecule has 4 nitrogen and oxygen atoms in total. The molecule has 0 aromatic heterocycles. The molecule has 0 spiro atoms. The van der Waals surface area contributed by atoms with E-state index in [-0.39, 0.29) is 6.61 Å². The summed E-state index contributed by atoms with van der Waals surface area (Å²) >= 11 is 0. The van der Waals surface area contributed by atoms with Crippen LogP contribution in [-0.2, 0) is 11.2 Å². The van der Waals surface area contributed by atoms with Crippen molar-refractivity contribution in [1.29, 1.82) is 0 Å². The molecule has 1 N–H and O–H groups in total. The molecule has 0 amide bonds. The van der Waals surface area contributed by atoms with Crippen LogP contribution < -0.4 is 5.01 Å². The van der Waals surface area contributed by atoms with E-state index in [1.807, 2.05) is 6.07 Å². The molecule has 19 heavy (non-hydrogen) atoms. The van der Waals surface area contributed by atoms with Crippen molar-refractivity contribution in [2.45, 2.75) is 39.0 Å². The quantitative estimate of drug-likeness (QED) is 0.768. The molecule has 2 rings (SSSR count). The van der Waals surface area contributed by atoms with Gasteiger partial charge in [-0.15, -0.1) is 5.10 Å². The summed E-state index contributed by atoms with van der Waals surface area (Å²) in [5.74, 6) is 0.383. The average Bonchev–Trinajstić information content (AvgIpc) is 2.93. The van der Waals surface area contributed by atoms with Crippen LogP contribution in [-0.4, -0.2) is 24.3 Å². The van der Waals surface area contributed by atoms with Crippen molar-refractivity contribution in [3.63, 3.8) is 0 Å². The van der Waals surface area contributed by atoms with Crippen molar-refractivity contribution < 1.29 is 9.84 Å². The zero-order valence-corrected chi connectivity index (χ0v) is 11.5. The van der Waals surface area contributed by atoms with Crippen molar-refractivity contribution in [2.24, 2.45) is 5.10 Å². The Morgan fingerprint density at radius 2 is 2.21 bits per heavy atom. The Balaban J connectivity index is 1.94. The summed E-state index contributed by atoms with van der Waals surface area (Å²) in [7, 11) is 0. The standard InChI is InChI=1S/C15H22N2O2/c1-2-3-4-5-7-13-8-6-9-14(10-13)17-12-19-15(11-18)16-17/h6,8-10,18H,2-5,7,11-12H2,1H3. The van der Waals surface area contributed by atoms with Crippen LogP contribution in [0, 0.1) is 0 Å². The molecule has 0 atom stereocenters. The van der Waals surface area contributed by atoms with Crippen molar-refractivity contribution in [1.82, 2.24) is 0 Å². The first-order valence-electron chi connectivity index (χ1n) is 7.01. The number of unbranched alkanes of at least 4 members (excludes halogenated alkanes) is 3. The Hall–Kier alpha value is -1.55. The lowest BCUT2D eigenvalue weighted by molar-refractivity contribution is 0.278. The number of anilines is 1. The predicted molar refractivity (Wildman–Crippen MR) is 77.2 cm³/mol. The highest BCUT2D eigenvalue weighted by molar-refractivity contribution is 5.80. The van der Waals surface area contributed by atoms with Crippen molar-refractivity contribution in [2.75, 3.05) is 18.3 Å². The molecular formula is C15H22N2O2. The van der Waals surface area contributed by atoms with Gasteiger partial charge in [0, 0.05) is 0 Å². The molecule has 1 aliphatic rings. The normalized spacial score (nSPS) is 14.4. The third kappa shape index (κ3) is 3.96. The molecule has 104 valence electrons. The van der Waals surface area contributed by atoms with Gasteiger partial charge in [0.2, 0.25) is 5.90 Å². The van der Waals surface area contributed by atoms with Gasteiger partial charge in [0.05, 0.1) is 5.69 Å². The number of rotatable bonds is 7. The molecule has 1 aromatic carbocycles. The van der Waals surface area contributed by atoms with Gasteiger partial charge in [0.15, 0.2) is 6.73 Å². The molecule has 0 saturated heterocycles. The first kappa shape index (κ1) is 13.9. The fraction of sp³-hybridized carbons (Fsp3) is 0.533. The molecule has 0 fully saturated rings. The first-order valence-corrected chi connectivity index (χ1v) is 7.01. The SMILES string of the molecule is CCCCCCc1cccc(N2COC(CO)=N2)c1. The van der Waals surface area contributed by atoms with Crippen LogP contribution in [0.1, 0.15) is 38.2 Å². The smallest absolute Gasteiger partial charge is 0.234 e. The zero-order valence-electron chi connectivity index (χ0n) is 11.5. The predicted octanol–water partition coefficient (Wildman–Crippen LogP) is 2.91. The number of benzene rings is 1. The number of hydrazone groups is 1. The second-order valence-electron chi connectivity index (χ2n) is 4.81. The van der Waals surface area contributed by atoms with Gasteiger partial charge in [0.25, 0.3) is 0 Å². The van der Waals surface area contributed by atoms with E-state index in [4.69, 9.17) is 9.84 Å². The highest BCUT2D eigenvalue weighted by Crippen LogP contribution is 2.20. The first-order chi connectivity index (χ1) is 9.33. The second kappa shape index (κ2) is 7.14. The van der Waals surface area contributed by atoms with E-state index in [2.05, 4.69) is 30.2 Å². The third-order valence-electron chi connectivity index (χ3n) is 3.25. The van der Waals surface area contributed by atoms with Crippen LogP contribution in [0.2, 0.25) is 0 Å². The Morgan fingerprint density at radius 3 is 2.95 bits per heavy atom. The summed E-state index contributed by atoms with van der Waals surface area (Å²) in [6, 6.07) is 8.38. The minimum atomic E-state index is -0.146. The van der Waals surface area contributed by atoms with E-state index in [9.17, 15) is 0 Å². The Bertz CT molecular complexity index is 432. The molecule has 0 bridgehead atoms. The molecular weight excluding hydrogens is 240 g/mol. The Labute approximate surface area is 114 Å². The van der Waals surface area contributed by atoms with Gasteiger partial charge >= 0.3 is 0 Å². The number of ether oxygens (including phenoxy) is 1. The maximum Gasteiger partial charge on any atom is 0.234 e. The lowest BCUT2D eigenvalue weighted by Crippen LogP contribution is -2.12. The summed E-state index contributed by atoms with van der Waals surface area (Å²) in [4.78, 5) is 0. The van der Waals surface area contributed by atoms with E-state index < -0.39 is 0 Å². The maximum atomic E-state index is 8.97. The van der Waals surface area contributed by atoms with Gasteiger partial charge in [-0.25, -0.2) is 5.01 Å². The maximum absolute atomic E-state index is 8.97. The second-order valence-corrected chi connectivity index (χ2v) is 4.81. The highest BCUT2D eigenvalue weighted by Gasteiger charge is 2.16. The number of aliphatic hydroxyl groups excluding tert-OH is 1. The summed E-state index contributed by atoms with van der Waals surface area (Å²) in [5, 5.41) is 15.0. The van der Waals surface area contributed by atoms with Gasteiger partial charge < -0.3 is 9.84 Å². The number of nitrogens with zero attached hydrogens (tertiary/aromatic N) is 2. The summed E-state index contributed by atoms with van der Waals surface area (Å²) in [6.45, 7) is 2.47. The average molecular weight is 262 g/mol. The van der Waals surface area contributed by atoms with Crippen molar-refractivity contribution >= 4 is 11.6 Å². The Kier molecular flexibility index (Phi) is 5.21. The van der Waals surface area contributed by atoms with Gasteiger partial charge in [-0.2, -0.15) is 0 Å². The lowest BCUT2D eigenvalue weighted by atomic mass is 10.1. The number of aryl methyl sites for hydroxylation is 1. The van der Waals surface area contributed by atoms with E-state index in [1.165, 1.54) is 31.2 Å². The number of hydrogen-bond acceptors (Lipinski definition) is 4. The molecule has 0 radical (unpaired) electrons. The van der Waals surface area contributed by atoms with Crippen LogP contribution >= 0.6 is 0 Å². The molecule has 0 unspecified atom stereocenters. The molecule has 1 aliphatic heterocycles. The lowest BCUT2D eigenvalue weighted by Gasteiger charge is -2.12. The minimum Gasteiger partial charge on any atom is -0.455 e. The molecule has 4 heteroatoms. The van der Waals surface area contributed by atoms with Crippen LogP contribution in [0.5, 0.6) is 0 Å². The monoisotopic (exact) mass is 262 g/mol. The van der Waals surface area contributed by atoms with Gasteiger partial charge in [0.1, 0.15) is 6.61 Å². The Morgan fingerprint density at radius 1 is 1.32 bits per heavy atom. The fourth-order valence-corrected chi connectivity index (χ4v) is 2.17. The summed E-state index contributed by atoms with van der Waals surface area (Å²) in [6.07, 6.45) is 6.21.